The number of hydrogen-bond donors (Lipinski definition) is 2. The lowest BCUT2D eigenvalue weighted by atomic mass is 9.31. The summed E-state index contributed by atoms with van der Waals surface area (Å²) < 4.78 is 1.40. The van der Waals surface area contributed by atoms with E-state index in [4.69, 9.17) is 5.73 Å². The Morgan fingerprint density at radius 1 is 1.22 bits per heavy atom. The average molecular weight is 357 g/mol. The molecule has 2 aromatic rings. The molecule has 1 aromatic heterocycles. The van der Waals surface area contributed by atoms with Gasteiger partial charge in [0.25, 0.3) is 5.56 Å². The van der Waals surface area contributed by atoms with E-state index in [1.165, 1.54) is 4.57 Å². The Bertz CT molecular complexity index is 1080. The summed E-state index contributed by atoms with van der Waals surface area (Å²) in [5.74, 6) is -0.918. The number of rotatable bonds is 1. The fourth-order valence-corrected chi connectivity index (χ4v) is 4.02. The van der Waals surface area contributed by atoms with Crippen LogP contribution in [0.5, 0.6) is 0 Å². The number of nitrogens with two attached hydrogens (primary N) is 1. The van der Waals surface area contributed by atoms with Gasteiger partial charge < -0.3 is 5.73 Å². The fourth-order valence-electron chi connectivity index (χ4n) is 4.02. The number of imide groups is 1. The summed E-state index contributed by atoms with van der Waals surface area (Å²) in [7, 11) is 10.9. The smallest absolute Gasteiger partial charge is 0.263 e. The predicted molar refractivity (Wildman–Crippen MR) is 123 cm³/mol. The van der Waals surface area contributed by atoms with Crippen molar-refractivity contribution >= 4 is 86.4 Å². The second-order valence-electron chi connectivity index (χ2n) is 8.26. The first kappa shape index (κ1) is 19.5. The Labute approximate surface area is 162 Å². The highest BCUT2D eigenvalue weighted by Gasteiger charge is 2.57. The van der Waals surface area contributed by atoms with Crippen LogP contribution in [0.3, 0.4) is 0 Å². The molecule has 3 N–H and O–H groups in total. The number of benzene rings is 1. The molecule has 0 bridgehead atoms. The van der Waals surface area contributed by atoms with E-state index < -0.39 is 22.4 Å². The van der Waals surface area contributed by atoms with Gasteiger partial charge in [-0.2, -0.15) is 0 Å². The van der Waals surface area contributed by atoms with Crippen LogP contribution in [-0.4, -0.2) is 68.4 Å². The molecule has 2 heterocycles. The van der Waals surface area contributed by atoms with Crippen molar-refractivity contribution in [3.63, 3.8) is 0 Å². The molecule has 2 atom stereocenters. The van der Waals surface area contributed by atoms with Crippen LogP contribution < -0.4 is 27.5 Å². The largest absolute Gasteiger partial charge is 0.398 e. The van der Waals surface area contributed by atoms with E-state index in [9.17, 15) is 14.4 Å². The molecular formula is C14H20B6N4O3. The number of carbonyl (C=O) groups is 2. The summed E-state index contributed by atoms with van der Waals surface area (Å²) in [6, 6.07) is 1.83. The highest BCUT2D eigenvalue weighted by molar-refractivity contribution is 6.55. The lowest BCUT2D eigenvalue weighted by Crippen LogP contribution is -2.68. The number of aromatic nitrogens is 2. The van der Waals surface area contributed by atoms with Crippen LogP contribution in [0.1, 0.15) is 5.82 Å². The summed E-state index contributed by atoms with van der Waals surface area (Å²) in [5.41, 5.74) is 7.24. The molecule has 1 aromatic carbocycles. The van der Waals surface area contributed by atoms with Crippen LogP contribution >= 0.6 is 0 Å². The highest BCUT2D eigenvalue weighted by Crippen LogP contribution is 2.48. The van der Waals surface area contributed by atoms with E-state index in [-0.39, 0.29) is 11.5 Å². The number of nitrogens with one attached hydrogen (secondary N) is 1. The molecule has 0 saturated carbocycles. The summed E-state index contributed by atoms with van der Waals surface area (Å²) in [6.07, 6.45) is 0. The van der Waals surface area contributed by atoms with E-state index in [1.54, 1.807) is 22.6 Å². The third kappa shape index (κ3) is 2.36. The fraction of sp³-hybridized carbons (Fsp3) is 0.286. The van der Waals surface area contributed by atoms with Crippen molar-refractivity contribution in [1.29, 1.82) is 0 Å². The second kappa shape index (κ2) is 5.84. The van der Waals surface area contributed by atoms with E-state index in [1.807, 2.05) is 37.5 Å². The average Bonchev–Trinajstić information content (AvgIpc) is 2.56. The Hall–Kier alpha value is -2.31. The van der Waals surface area contributed by atoms with Gasteiger partial charge in [0.1, 0.15) is 52.9 Å². The minimum Gasteiger partial charge on any atom is -0.398 e. The summed E-state index contributed by atoms with van der Waals surface area (Å²) in [4.78, 5) is 43.3. The Kier molecular flexibility index (Phi) is 4.21. The first-order chi connectivity index (χ1) is 12.4. The first-order valence-corrected chi connectivity index (χ1v) is 9.00. The van der Waals surface area contributed by atoms with Gasteiger partial charge in [0, 0.05) is 11.5 Å². The van der Waals surface area contributed by atoms with Gasteiger partial charge in [-0.3, -0.25) is 24.3 Å². The van der Waals surface area contributed by atoms with E-state index >= 15 is 0 Å². The van der Waals surface area contributed by atoms with Crippen molar-refractivity contribution in [3.8, 4) is 0 Å². The van der Waals surface area contributed by atoms with Crippen molar-refractivity contribution in [1.82, 2.24) is 14.9 Å². The Morgan fingerprint density at radius 2 is 1.81 bits per heavy atom. The molecule has 1 fully saturated rings. The van der Waals surface area contributed by atoms with Crippen molar-refractivity contribution in [2.45, 2.75) is 23.4 Å². The lowest BCUT2D eigenvalue weighted by molar-refractivity contribution is -0.138. The Balaban J connectivity index is 2.46. The number of nitrogen functional groups attached to an aromatic ring is 1. The van der Waals surface area contributed by atoms with Gasteiger partial charge in [-0.25, -0.2) is 4.98 Å². The molecular weight excluding hydrogens is 337 g/mol. The maximum atomic E-state index is 13.5. The zero-order valence-corrected chi connectivity index (χ0v) is 16.9. The SMILES string of the molecule is Bc1cc2nc(C)n(C3(B)C(=O)NC(=O)C(B)C3(B)B)c(=O)c2c(N)c1B. The van der Waals surface area contributed by atoms with Crippen LogP contribution in [0.15, 0.2) is 10.9 Å². The van der Waals surface area contributed by atoms with Crippen LogP contribution in [0, 0.1) is 6.92 Å². The zero-order valence-electron chi connectivity index (χ0n) is 16.9. The molecule has 132 valence electrons. The van der Waals surface area contributed by atoms with Gasteiger partial charge in [0.2, 0.25) is 11.8 Å². The highest BCUT2D eigenvalue weighted by atomic mass is 16.2. The number of piperidine rings is 1. The van der Waals surface area contributed by atoms with Crippen LogP contribution in [-0.2, 0) is 15.0 Å². The maximum Gasteiger partial charge on any atom is 0.263 e. The lowest BCUT2D eigenvalue weighted by Gasteiger charge is -2.51. The Morgan fingerprint density at radius 3 is 2.41 bits per heavy atom. The van der Waals surface area contributed by atoms with Gasteiger partial charge in [-0.05, 0) is 13.0 Å². The molecule has 0 spiro atoms. The summed E-state index contributed by atoms with van der Waals surface area (Å²) in [5, 5.41) is 1.90. The monoisotopic (exact) mass is 358 g/mol. The van der Waals surface area contributed by atoms with Crippen LogP contribution in [0.4, 0.5) is 5.69 Å². The van der Waals surface area contributed by atoms with Gasteiger partial charge in [-0.15, -0.1) is 0 Å². The third-order valence-electron chi connectivity index (χ3n) is 6.75. The molecule has 7 nitrogen and oxygen atoms in total. The quantitative estimate of drug-likeness (QED) is 0.300. The van der Waals surface area contributed by atoms with Crippen molar-refractivity contribution in [2.75, 3.05) is 5.73 Å². The van der Waals surface area contributed by atoms with E-state index in [2.05, 4.69) is 10.3 Å². The summed E-state index contributed by atoms with van der Waals surface area (Å²) in [6.45, 7) is 1.70. The van der Waals surface area contributed by atoms with Crippen molar-refractivity contribution in [2.24, 2.45) is 0 Å². The van der Waals surface area contributed by atoms with Gasteiger partial charge in [0.15, 0.2) is 0 Å². The molecule has 13 heteroatoms. The normalized spacial score (nSPS) is 24.7. The van der Waals surface area contributed by atoms with E-state index in [0.29, 0.717) is 22.4 Å². The molecule has 2 unspecified atom stereocenters. The topological polar surface area (TPSA) is 107 Å². The van der Waals surface area contributed by atoms with Gasteiger partial charge in [-0.1, -0.05) is 16.1 Å². The minimum atomic E-state index is -1.30. The minimum absolute atomic E-state index is 0.304. The van der Waals surface area contributed by atoms with Gasteiger partial charge >= 0.3 is 0 Å². The number of anilines is 1. The standard InChI is InChI=1S/C14H20B6N4O3/c1-3-22-5-2-4(15)7(16)8(21)6(5)11(26)24(3)14(20)12(27)23-10(25)9(17)13(14,18)19/h2,9H,15-21H2,1H3,(H,23,25,27). The van der Waals surface area contributed by atoms with Crippen molar-refractivity contribution < 1.29 is 9.59 Å². The van der Waals surface area contributed by atoms with Crippen LogP contribution in [0.2, 0.25) is 11.0 Å². The maximum absolute atomic E-state index is 13.5. The van der Waals surface area contributed by atoms with Gasteiger partial charge in [0.05, 0.1) is 16.3 Å². The first-order valence-electron chi connectivity index (χ1n) is 9.00. The van der Waals surface area contributed by atoms with Crippen LogP contribution in [0.25, 0.3) is 10.9 Å². The van der Waals surface area contributed by atoms with Crippen molar-refractivity contribution in [3.05, 3.63) is 22.2 Å². The molecule has 27 heavy (non-hydrogen) atoms. The predicted octanol–water partition coefficient (Wildman–Crippen LogP) is -7.45. The number of fused-ring (bicyclic) bond motifs is 1. The number of carbonyl (C=O) groups excluding carboxylic acids is 2. The second-order valence-corrected chi connectivity index (χ2v) is 8.26. The molecule has 2 amide bonds. The third-order valence-corrected chi connectivity index (χ3v) is 6.75. The molecule has 3 rings (SSSR count). The molecule has 1 aliphatic rings. The molecule has 1 aliphatic heterocycles. The summed E-state index contributed by atoms with van der Waals surface area (Å²) >= 11 is 0. The molecule has 1 saturated heterocycles. The number of hydrogen-bond acceptors (Lipinski definition) is 5. The molecule has 0 radical (unpaired) electrons. The number of aryl methyl sites for hydroxylation is 1. The molecule has 0 aliphatic carbocycles. The van der Waals surface area contributed by atoms with E-state index in [0.717, 1.165) is 10.9 Å². The zero-order chi connectivity index (χ0) is 20.5. The number of amides is 2. The number of nitrogens with zero attached hydrogens (tertiary/aromatic N) is 2.